The van der Waals surface area contributed by atoms with Crippen LogP contribution in [-0.4, -0.2) is 36.7 Å². The molecule has 0 bridgehead atoms. The normalized spacial score (nSPS) is 27.6. The maximum Gasteiger partial charge on any atom is 0.257 e. The molecule has 1 aromatic carbocycles. The first-order chi connectivity index (χ1) is 10.7. The molecule has 120 valence electrons. The first kappa shape index (κ1) is 15.3. The fraction of sp³-hybridized carbons (Fsp3) is 0.611. The Morgan fingerprint density at radius 1 is 1.41 bits per heavy atom. The molecule has 0 aromatic heterocycles. The molecule has 0 saturated heterocycles. The highest BCUT2D eigenvalue weighted by molar-refractivity contribution is 6.02. The molecule has 2 aliphatic rings. The molecule has 1 heterocycles. The molecule has 1 fully saturated rings. The third kappa shape index (κ3) is 2.72. The number of nitrogens with one attached hydrogen (secondary N) is 1. The number of anilines is 1. The first-order valence-electron chi connectivity index (χ1n) is 8.34. The average molecular weight is 302 g/mol. The van der Waals surface area contributed by atoms with E-state index in [-0.39, 0.29) is 11.6 Å². The van der Waals surface area contributed by atoms with E-state index >= 15 is 0 Å². The van der Waals surface area contributed by atoms with Crippen molar-refractivity contribution < 1.29 is 9.53 Å². The van der Waals surface area contributed by atoms with Crippen molar-refractivity contribution in [1.82, 2.24) is 4.90 Å². The van der Waals surface area contributed by atoms with Gasteiger partial charge in [0.2, 0.25) is 0 Å². The van der Waals surface area contributed by atoms with Gasteiger partial charge in [-0.1, -0.05) is 25.5 Å². The van der Waals surface area contributed by atoms with Gasteiger partial charge >= 0.3 is 0 Å². The summed E-state index contributed by atoms with van der Waals surface area (Å²) >= 11 is 0. The van der Waals surface area contributed by atoms with Gasteiger partial charge < -0.3 is 15.0 Å². The zero-order valence-corrected chi connectivity index (χ0v) is 13.6. The molecule has 3 rings (SSSR count). The summed E-state index contributed by atoms with van der Waals surface area (Å²) in [7, 11) is 1.71. The minimum absolute atomic E-state index is 0.166. The number of hydrogen-bond donors (Lipinski definition) is 1. The van der Waals surface area contributed by atoms with Crippen LogP contribution in [0.3, 0.4) is 0 Å². The second kappa shape index (κ2) is 6.29. The van der Waals surface area contributed by atoms with Crippen molar-refractivity contribution in [2.75, 3.05) is 25.6 Å². The molecule has 1 amide bonds. The summed E-state index contributed by atoms with van der Waals surface area (Å²) in [5.41, 5.74) is 1.57. The summed E-state index contributed by atoms with van der Waals surface area (Å²) in [6.45, 7) is 3.73. The molecule has 2 unspecified atom stereocenters. The third-order valence-electron chi connectivity index (χ3n) is 4.99. The van der Waals surface area contributed by atoms with Crippen molar-refractivity contribution in [3.8, 4) is 0 Å². The van der Waals surface area contributed by atoms with Crippen molar-refractivity contribution in [2.24, 2.45) is 5.92 Å². The topological polar surface area (TPSA) is 41.6 Å². The van der Waals surface area contributed by atoms with E-state index in [1.54, 1.807) is 7.11 Å². The molecule has 1 aromatic rings. The summed E-state index contributed by atoms with van der Waals surface area (Å²) in [6, 6.07) is 7.89. The molecule has 22 heavy (non-hydrogen) atoms. The van der Waals surface area contributed by atoms with E-state index in [9.17, 15) is 4.79 Å². The molecule has 4 heteroatoms. The van der Waals surface area contributed by atoms with Crippen LogP contribution in [0.4, 0.5) is 5.69 Å². The Labute approximate surface area is 132 Å². The highest BCUT2D eigenvalue weighted by atomic mass is 16.5. The molecule has 2 atom stereocenters. The number of carbonyl (C=O) groups excluding carboxylic acids is 1. The summed E-state index contributed by atoms with van der Waals surface area (Å²) in [5.74, 6) is 0.809. The van der Waals surface area contributed by atoms with Crippen LogP contribution in [0.5, 0.6) is 0 Å². The van der Waals surface area contributed by atoms with Gasteiger partial charge in [0.1, 0.15) is 5.66 Å². The van der Waals surface area contributed by atoms with Crippen LogP contribution < -0.4 is 5.32 Å². The number of amides is 1. The molecule has 1 N–H and O–H groups in total. The largest absolute Gasteiger partial charge is 0.385 e. The van der Waals surface area contributed by atoms with E-state index in [1.807, 2.05) is 24.3 Å². The first-order valence-corrected chi connectivity index (χ1v) is 8.34. The number of ether oxygens (including phenoxy) is 1. The van der Waals surface area contributed by atoms with Crippen LogP contribution in [0.2, 0.25) is 0 Å². The van der Waals surface area contributed by atoms with Gasteiger partial charge in [-0.15, -0.1) is 0 Å². The fourth-order valence-electron chi connectivity index (χ4n) is 4.00. The summed E-state index contributed by atoms with van der Waals surface area (Å²) in [5, 5.41) is 3.71. The number of rotatable bonds is 4. The molecule has 0 radical (unpaired) electrons. The third-order valence-corrected chi connectivity index (χ3v) is 4.99. The van der Waals surface area contributed by atoms with E-state index in [2.05, 4.69) is 17.1 Å². The van der Waals surface area contributed by atoms with Gasteiger partial charge in [0.25, 0.3) is 5.91 Å². The molecule has 1 saturated carbocycles. The number of nitrogens with zero attached hydrogens (tertiary/aromatic N) is 1. The molecule has 1 aliphatic carbocycles. The van der Waals surface area contributed by atoms with Crippen LogP contribution in [0.1, 0.15) is 49.4 Å². The lowest BCUT2D eigenvalue weighted by molar-refractivity contribution is 0.0295. The number of methoxy groups -OCH3 is 1. The van der Waals surface area contributed by atoms with E-state index in [4.69, 9.17) is 4.74 Å². The fourth-order valence-corrected chi connectivity index (χ4v) is 4.00. The van der Waals surface area contributed by atoms with Gasteiger partial charge in [0, 0.05) is 25.9 Å². The number of fused-ring (bicyclic) bond motifs is 1. The number of carbonyl (C=O) groups is 1. The zero-order chi connectivity index (χ0) is 15.6. The quantitative estimate of drug-likeness (QED) is 0.866. The second-order valence-corrected chi connectivity index (χ2v) is 6.71. The maximum absolute atomic E-state index is 13.0. The minimum atomic E-state index is -0.211. The Kier molecular flexibility index (Phi) is 4.39. The van der Waals surface area contributed by atoms with Crippen LogP contribution in [0, 0.1) is 5.92 Å². The number of hydrogen-bond acceptors (Lipinski definition) is 3. The predicted molar refractivity (Wildman–Crippen MR) is 88.0 cm³/mol. The minimum Gasteiger partial charge on any atom is -0.385 e. The maximum atomic E-state index is 13.0. The Morgan fingerprint density at radius 2 is 2.23 bits per heavy atom. The Morgan fingerprint density at radius 3 is 3.00 bits per heavy atom. The van der Waals surface area contributed by atoms with Gasteiger partial charge in [0.15, 0.2) is 0 Å². The monoisotopic (exact) mass is 302 g/mol. The predicted octanol–water partition coefficient (Wildman–Crippen LogP) is 3.50. The van der Waals surface area contributed by atoms with Crippen molar-refractivity contribution >= 4 is 11.6 Å². The molecule has 1 spiro atoms. The van der Waals surface area contributed by atoms with Gasteiger partial charge in [-0.2, -0.15) is 0 Å². The van der Waals surface area contributed by atoms with Gasteiger partial charge in [-0.05, 0) is 43.7 Å². The van der Waals surface area contributed by atoms with Crippen LogP contribution in [0.15, 0.2) is 24.3 Å². The average Bonchev–Trinajstić information content (AvgIpc) is 2.51. The lowest BCUT2D eigenvalue weighted by atomic mass is 9.79. The SMILES string of the molecule is COCCCN1C(=O)c2ccccc2NC12CCCC(C)C2. The van der Waals surface area contributed by atoms with E-state index in [1.165, 1.54) is 12.8 Å². The molecular formula is C18H26N2O2. The Balaban J connectivity index is 1.93. The highest BCUT2D eigenvalue weighted by Gasteiger charge is 2.46. The molecule has 4 nitrogen and oxygen atoms in total. The highest BCUT2D eigenvalue weighted by Crippen LogP contribution is 2.42. The number of benzene rings is 1. The smallest absolute Gasteiger partial charge is 0.257 e. The van der Waals surface area contributed by atoms with Gasteiger partial charge in [-0.3, -0.25) is 4.79 Å². The summed E-state index contributed by atoms with van der Waals surface area (Å²) < 4.78 is 5.18. The zero-order valence-electron chi connectivity index (χ0n) is 13.6. The lowest BCUT2D eigenvalue weighted by Gasteiger charge is -2.52. The number of para-hydroxylation sites is 1. The van der Waals surface area contributed by atoms with E-state index in [0.29, 0.717) is 12.5 Å². The summed E-state index contributed by atoms with van der Waals surface area (Å²) in [4.78, 5) is 15.1. The molecule has 1 aliphatic heterocycles. The van der Waals surface area contributed by atoms with Crippen molar-refractivity contribution in [3.05, 3.63) is 29.8 Å². The van der Waals surface area contributed by atoms with Crippen LogP contribution >= 0.6 is 0 Å². The van der Waals surface area contributed by atoms with Gasteiger partial charge in [0.05, 0.1) is 5.56 Å². The van der Waals surface area contributed by atoms with E-state index < -0.39 is 0 Å². The standard InChI is InChI=1S/C18H26N2O2/c1-14-7-5-10-18(13-14)19-16-9-4-3-8-15(16)17(21)20(18)11-6-12-22-2/h3-4,8-9,14,19H,5-7,10-13H2,1-2H3. The van der Waals surface area contributed by atoms with Gasteiger partial charge in [-0.25, -0.2) is 0 Å². The second-order valence-electron chi connectivity index (χ2n) is 6.71. The summed E-state index contributed by atoms with van der Waals surface area (Å²) in [6.07, 6.45) is 5.36. The van der Waals surface area contributed by atoms with Crippen LogP contribution in [-0.2, 0) is 4.74 Å². The lowest BCUT2D eigenvalue weighted by Crippen LogP contribution is -2.62. The van der Waals surface area contributed by atoms with E-state index in [0.717, 1.165) is 37.1 Å². The Hall–Kier alpha value is -1.55. The Bertz CT molecular complexity index is 546. The molecular weight excluding hydrogens is 276 g/mol. The van der Waals surface area contributed by atoms with Crippen LogP contribution in [0.25, 0.3) is 0 Å². The van der Waals surface area contributed by atoms with Crippen molar-refractivity contribution in [2.45, 2.75) is 44.7 Å². The van der Waals surface area contributed by atoms with Crippen molar-refractivity contribution in [3.63, 3.8) is 0 Å². The van der Waals surface area contributed by atoms with Crippen molar-refractivity contribution in [1.29, 1.82) is 0 Å².